The third-order valence-electron chi connectivity index (χ3n) is 2.50. The van der Waals surface area contributed by atoms with Gasteiger partial charge in [-0.15, -0.1) is 0 Å². The maximum absolute atomic E-state index is 5.23. The van der Waals surface area contributed by atoms with E-state index in [-0.39, 0.29) is 0 Å². The lowest BCUT2D eigenvalue weighted by molar-refractivity contribution is 0.749. The fourth-order valence-corrected chi connectivity index (χ4v) is 2.83. The van der Waals surface area contributed by atoms with Gasteiger partial charge in [0.25, 0.3) is 0 Å². The number of aryl methyl sites for hydroxylation is 1. The Morgan fingerprint density at radius 3 is 2.89 bits per heavy atom. The van der Waals surface area contributed by atoms with Crippen molar-refractivity contribution in [1.29, 1.82) is 0 Å². The number of hydrogen-bond donors (Lipinski definition) is 1. The van der Waals surface area contributed by atoms with Crippen LogP contribution in [0.4, 0.5) is 0 Å². The zero-order valence-electron chi connectivity index (χ0n) is 11.4. The van der Waals surface area contributed by atoms with E-state index in [1.165, 1.54) is 0 Å². The second-order valence-electron chi connectivity index (χ2n) is 4.89. The first-order valence-electron chi connectivity index (χ1n) is 6.21. The number of aromatic amines is 1. The van der Waals surface area contributed by atoms with E-state index in [1.54, 1.807) is 4.68 Å². The molecular weight excluding hydrogens is 276 g/mol. The van der Waals surface area contributed by atoms with Crippen molar-refractivity contribution >= 4 is 24.0 Å². The summed E-state index contributed by atoms with van der Waals surface area (Å²) in [5.74, 6) is 3.60. The normalized spacial score (nSPS) is 11.2. The maximum atomic E-state index is 5.23. The van der Waals surface area contributed by atoms with Crippen LogP contribution in [0.15, 0.2) is 18.5 Å². The molecule has 2 aromatic rings. The Hall–Kier alpha value is -1.14. The molecule has 0 bridgehead atoms. The van der Waals surface area contributed by atoms with Crippen LogP contribution in [-0.2, 0) is 12.8 Å². The van der Waals surface area contributed by atoms with Gasteiger partial charge in [-0.2, -0.15) is 16.9 Å². The van der Waals surface area contributed by atoms with Crippen LogP contribution in [0.1, 0.15) is 19.7 Å². The van der Waals surface area contributed by atoms with Gasteiger partial charge in [-0.25, -0.2) is 4.98 Å². The van der Waals surface area contributed by atoms with Crippen LogP contribution in [0, 0.1) is 10.6 Å². The van der Waals surface area contributed by atoms with Crippen molar-refractivity contribution < 1.29 is 0 Å². The first kappa shape index (κ1) is 14.3. The summed E-state index contributed by atoms with van der Waals surface area (Å²) >= 11 is 7.10. The number of thioether (sulfide) groups is 1. The van der Waals surface area contributed by atoms with Crippen LogP contribution < -0.4 is 0 Å². The first-order chi connectivity index (χ1) is 9.04. The molecule has 0 saturated carbocycles. The van der Waals surface area contributed by atoms with Crippen molar-refractivity contribution in [2.45, 2.75) is 19.6 Å². The zero-order valence-corrected chi connectivity index (χ0v) is 13.0. The second kappa shape index (κ2) is 6.34. The third kappa shape index (κ3) is 4.18. The summed E-state index contributed by atoms with van der Waals surface area (Å²) in [4.78, 5) is 7.71. The van der Waals surface area contributed by atoms with E-state index >= 15 is 0 Å². The number of nitrogens with zero attached hydrogens (tertiary/aromatic N) is 3. The van der Waals surface area contributed by atoms with E-state index in [2.05, 4.69) is 28.9 Å². The van der Waals surface area contributed by atoms with Crippen LogP contribution in [0.5, 0.6) is 0 Å². The lowest BCUT2D eigenvalue weighted by atomic mass is 10.2. The SMILES string of the molecule is CC(C)CSCc1nc(=S)cc(-c2cnn(C)c2)[nH]1. The van der Waals surface area contributed by atoms with Gasteiger partial charge in [-0.1, -0.05) is 26.1 Å². The van der Waals surface area contributed by atoms with Crippen LogP contribution in [0.2, 0.25) is 0 Å². The Bertz CT molecular complexity index is 601. The predicted octanol–water partition coefficient (Wildman–Crippen LogP) is 3.43. The molecule has 0 aromatic carbocycles. The minimum Gasteiger partial charge on any atom is -0.342 e. The van der Waals surface area contributed by atoms with Gasteiger partial charge in [0, 0.05) is 18.8 Å². The van der Waals surface area contributed by atoms with Crippen molar-refractivity contribution in [3.05, 3.63) is 28.9 Å². The van der Waals surface area contributed by atoms with E-state index in [1.807, 2.05) is 37.3 Å². The quantitative estimate of drug-likeness (QED) is 0.858. The zero-order chi connectivity index (χ0) is 13.8. The molecule has 0 unspecified atom stereocenters. The highest BCUT2D eigenvalue weighted by Crippen LogP contribution is 2.18. The molecule has 0 aliphatic carbocycles. The summed E-state index contributed by atoms with van der Waals surface area (Å²) in [6.45, 7) is 4.43. The van der Waals surface area contributed by atoms with Crippen molar-refractivity contribution in [1.82, 2.24) is 19.7 Å². The highest BCUT2D eigenvalue weighted by atomic mass is 32.2. The average molecular weight is 294 g/mol. The van der Waals surface area contributed by atoms with Gasteiger partial charge in [0.15, 0.2) is 0 Å². The molecule has 0 atom stereocenters. The lowest BCUT2D eigenvalue weighted by Gasteiger charge is -2.06. The molecule has 2 heterocycles. The summed E-state index contributed by atoms with van der Waals surface area (Å²) in [6, 6.07) is 1.88. The Labute approximate surface area is 122 Å². The Balaban J connectivity index is 2.18. The van der Waals surface area contributed by atoms with Crippen molar-refractivity contribution in [2.24, 2.45) is 13.0 Å². The van der Waals surface area contributed by atoms with Gasteiger partial charge >= 0.3 is 0 Å². The molecule has 0 aliphatic rings. The molecule has 2 aromatic heterocycles. The van der Waals surface area contributed by atoms with E-state index in [0.29, 0.717) is 10.6 Å². The summed E-state index contributed by atoms with van der Waals surface area (Å²) in [5, 5.41) is 4.17. The minimum absolute atomic E-state index is 0.623. The number of aromatic nitrogens is 4. The molecule has 0 spiro atoms. The Kier molecular flexibility index (Phi) is 4.76. The molecule has 2 rings (SSSR count). The van der Waals surface area contributed by atoms with Crippen molar-refractivity contribution in [3.8, 4) is 11.3 Å². The fourth-order valence-electron chi connectivity index (χ4n) is 1.68. The number of H-pyrrole nitrogens is 1. The average Bonchev–Trinajstić information content (AvgIpc) is 2.75. The Morgan fingerprint density at radius 1 is 1.47 bits per heavy atom. The first-order valence-corrected chi connectivity index (χ1v) is 7.78. The maximum Gasteiger partial charge on any atom is 0.130 e. The summed E-state index contributed by atoms with van der Waals surface area (Å²) in [6.07, 6.45) is 3.79. The largest absolute Gasteiger partial charge is 0.342 e. The van der Waals surface area contributed by atoms with E-state index in [4.69, 9.17) is 12.2 Å². The summed E-state index contributed by atoms with van der Waals surface area (Å²) < 4.78 is 2.40. The van der Waals surface area contributed by atoms with Gasteiger partial charge < -0.3 is 4.98 Å². The van der Waals surface area contributed by atoms with E-state index < -0.39 is 0 Å². The monoisotopic (exact) mass is 294 g/mol. The fraction of sp³-hybridized carbons (Fsp3) is 0.462. The molecule has 0 fully saturated rings. The van der Waals surface area contributed by atoms with Crippen molar-refractivity contribution in [3.63, 3.8) is 0 Å². The van der Waals surface area contributed by atoms with Crippen LogP contribution >= 0.6 is 24.0 Å². The second-order valence-corrected chi connectivity index (χ2v) is 6.34. The highest BCUT2D eigenvalue weighted by molar-refractivity contribution is 7.98. The summed E-state index contributed by atoms with van der Waals surface area (Å²) in [7, 11) is 1.90. The molecule has 0 amide bonds. The minimum atomic E-state index is 0.623. The van der Waals surface area contributed by atoms with Crippen LogP contribution in [0.3, 0.4) is 0 Å². The molecule has 0 saturated heterocycles. The molecule has 4 nitrogen and oxygen atoms in total. The van der Waals surface area contributed by atoms with Gasteiger partial charge in [-0.3, -0.25) is 4.68 Å². The van der Waals surface area contributed by atoms with E-state index in [9.17, 15) is 0 Å². The third-order valence-corrected chi connectivity index (χ3v) is 4.09. The van der Waals surface area contributed by atoms with Gasteiger partial charge in [0.1, 0.15) is 10.5 Å². The number of nitrogens with one attached hydrogen (secondary N) is 1. The molecule has 102 valence electrons. The summed E-state index contributed by atoms with van der Waals surface area (Å²) in [5.41, 5.74) is 2.01. The molecule has 1 N–H and O–H groups in total. The van der Waals surface area contributed by atoms with Gasteiger partial charge in [-0.05, 0) is 17.7 Å². The van der Waals surface area contributed by atoms with Crippen LogP contribution in [0.25, 0.3) is 11.3 Å². The predicted molar refractivity (Wildman–Crippen MR) is 82.6 cm³/mol. The molecule has 19 heavy (non-hydrogen) atoms. The Morgan fingerprint density at radius 2 is 2.26 bits per heavy atom. The van der Waals surface area contributed by atoms with E-state index in [0.717, 1.165) is 28.6 Å². The highest BCUT2D eigenvalue weighted by Gasteiger charge is 2.05. The van der Waals surface area contributed by atoms with Gasteiger partial charge in [0.2, 0.25) is 0 Å². The molecule has 6 heteroatoms. The number of rotatable bonds is 5. The standard InChI is InChI=1S/C13H18N4S2/c1-9(2)7-19-8-12-15-11(4-13(18)16-12)10-5-14-17(3)6-10/h4-6,9H,7-8H2,1-3H3,(H,15,16,18). The van der Waals surface area contributed by atoms with Crippen LogP contribution in [-0.4, -0.2) is 25.5 Å². The topological polar surface area (TPSA) is 46.5 Å². The van der Waals surface area contributed by atoms with Gasteiger partial charge in [0.05, 0.1) is 17.6 Å². The number of hydrogen-bond acceptors (Lipinski definition) is 4. The molecular formula is C13H18N4S2. The molecule has 0 aliphatic heterocycles. The smallest absolute Gasteiger partial charge is 0.130 e. The lowest BCUT2D eigenvalue weighted by Crippen LogP contribution is -1.98. The van der Waals surface area contributed by atoms with Crippen molar-refractivity contribution in [2.75, 3.05) is 5.75 Å². The molecule has 0 radical (unpaired) electrons.